The lowest BCUT2D eigenvalue weighted by molar-refractivity contribution is 0.0562. The van der Waals surface area contributed by atoms with Gasteiger partial charge < -0.3 is 10.1 Å². The number of nitriles is 1. The number of pyridine rings is 1. The first-order valence-corrected chi connectivity index (χ1v) is 9.13. The largest absolute Gasteiger partial charge is 0.362 e. The van der Waals surface area contributed by atoms with Crippen LogP contribution in [-0.2, 0) is 11.2 Å². The van der Waals surface area contributed by atoms with Gasteiger partial charge in [0, 0.05) is 19.5 Å². The van der Waals surface area contributed by atoms with Crippen molar-refractivity contribution in [1.29, 1.82) is 5.26 Å². The summed E-state index contributed by atoms with van der Waals surface area (Å²) in [6.07, 6.45) is 3.72. The molecule has 1 aromatic carbocycles. The third-order valence-corrected chi connectivity index (χ3v) is 4.48. The Balaban J connectivity index is 1.80. The Morgan fingerprint density at radius 3 is 2.66 bits per heavy atom. The monoisotopic (exact) mass is 391 g/mol. The molecule has 1 atom stereocenters. The van der Waals surface area contributed by atoms with Crippen molar-refractivity contribution in [1.82, 2.24) is 20.1 Å². The highest BCUT2D eigenvalue weighted by Crippen LogP contribution is 2.17. The van der Waals surface area contributed by atoms with Crippen molar-refractivity contribution in [3.05, 3.63) is 70.3 Å². The number of ether oxygens (including phenoxy) is 1. The summed E-state index contributed by atoms with van der Waals surface area (Å²) >= 11 is 0. The molecule has 0 saturated carbocycles. The van der Waals surface area contributed by atoms with Crippen LogP contribution in [-0.4, -0.2) is 34.0 Å². The number of nitrogens with zero attached hydrogens (tertiary/aromatic N) is 3. The van der Waals surface area contributed by atoms with Gasteiger partial charge in [-0.3, -0.25) is 14.7 Å². The Labute approximate surface area is 167 Å². The number of benzene rings is 1. The SMILES string of the molecule is CCC(NC(=O)c1ccc(-n2cc(-c3ccc(CC#N)cc3)c(=O)[nH]2)nc1)OC. The van der Waals surface area contributed by atoms with Crippen molar-refractivity contribution in [2.45, 2.75) is 26.0 Å². The van der Waals surface area contributed by atoms with E-state index in [-0.39, 0.29) is 17.7 Å². The number of carbonyl (C=O) groups excluding carboxylic acids is 1. The first-order valence-electron chi connectivity index (χ1n) is 9.13. The standard InChI is InChI=1S/C21H21N5O3/c1-3-19(29-2)24-20(27)16-8-9-18(23-12-16)26-13-17(21(28)25-26)15-6-4-14(5-7-15)10-11-22/h4-9,12-13,19H,3,10H2,1-2H3,(H,24,27)(H,25,28). The Morgan fingerprint density at radius 2 is 2.07 bits per heavy atom. The molecule has 0 saturated heterocycles. The summed E-state index contributed by atoms with van der Waals surface area (Å²) in [6, 6.07) is 12.6. The number of amides is 1. The Bertz CT molecular complexity index is 1070. The van der Waals surface area contributed by atoms with E-state index in [1.54, 1.807) is 18.3 Å². The molecule has 0 aliphatic carbocycles. The van der Waals surface area contributed by atoms with Crippen LogP contribution in [0.5, 0.6) is 0 Å². The van der Waals surface area contributed by atoms with Crippen LogP contribution in [0, 0.1) is 11.3 Å². The van der Waals surface area contributed by atoms with E-state index in [0.29, 0.717) is 29.8 Å². The smallest absolute Gasteiger partial charge is 0.272 e. The Hall–Kier alpha value is -3.70. The molecular formula is C21H21N5O3. The van der Waals surface area contributed by atoms with E-state index in [9.17, 15) is 9.59 Å². The van der Waals surface area contributed by atoms with Crippen LogP contribution in [0.2, 0.25) is 0 Å². The summed E-state index contributed by atoms with van der Waals surface area (Å²) in [6.45, 7) is 1.91. The summed E-state index contributed by atoms with van der Waals surface area (Å²) < 4.78 is 6.66. The molecule has 2 aromatic heterocycles. The maximum atomic E-state index is 12.4. The number of aromatic amines is 1. The van der Waals surface area contributed by atoms with Crippen LogP contribution >= 0.6 is 0 Å². The number of aromatic nitrogens is 3. The zero-order valence-corrected chi connectivity index (χ0v) is 16.2. The van der Waals surface area contributed by atoms with Gasteiger partial charge in [-0.1, -0.05) is 31.2 Å². The van der Waals surface area contributed by atoms with Gasteiger partial charge in [0.2, 0.25) is 0 Å². The number of hydrogen-bond donors (Lipinski definition) is 2. The number of carbonyl (C=O) groups is 1. The van der Waals surface area contributed by atoms with E-state index in [1.165, 1.54) is 18.0 Å². The molecule has 1 amide bonds. The van der Waals surface area contributed by atoms with Gasteiger partial charge in [0.15, 0.2) is 5.82 Å². The predicted octanol–water partition coefficient (Wildman–Crippen LogP) is 2.41. The number of nitrogens with one attached hydrogen (secondary N) is 2. The van der Waals surface area contributed by atoms with Gasteiger partial charge in [0.25, 0.3) is 11.5 Å². The third kappa shape index (κ3) is 4.59. The second-order valence-electron chi connectivity index (χ2n) is 6.40. The number of rotatable bonds is 7. The molecule has 8 heteroatoms. The summed E-state index contributed by atoms with van der Waals surface area (Å²) in [5.41, 5.74) is 2.26. The Kier molecular flexibility index (Phi) is 6.22. The molecule has 2 heterocycles. The van der Waals surface area contributed by atoms with E-state index < -0.39 is 0 Å². The van der Waals surface area contributed by atoms with Crippen LogP contribution in [0.3, 0.4) is 0 Å². The second-order valence-corrected chi connectivity index (χ2v) is 6.40. The fraction of sp³-hybridized carbons (Fsp3) is 0.238. The van der Waals surface area contributed by atoms with Crippen molar-refractivity contribution >= 4 is 5.91 Å². The first kappa shape index (κ1) is 20.0. The van der Waals surface area contributed by atoms with Crippen molar-refractivity contribution in [3.63, 3.8) is 0 Å². The minimum Gasteiger partial charge on any atom is -0.362 e. The molecule has 0 radical (unpaired) electrons. The van der Waals surface area contributed by atoms with E-state index in [2.05, 4.69) is 21.5 Å². The molecule has 0 spiro atoms. The fourth-order valence-electron chi connectivity index (χ4n) is 2.83. The van der Waals surface area contributed by atoms with E-state index in [4.69, 9.17) is 10.00 Å². The van der Waals surface area contributed by atoms with Crippen molar-refractivity contribution < 1.29 is 9.53 Å². The maximum Gasteiger partial charge on any atom is 0.272 e. The van der Waals surface area contributed by atoms with Gasteiger partial charge in [-0.25, -0.2) is 9.67 Å². The van der Waals surface area contributed by atoms with Crippen LogP contribution in [0.4, 0.5) is 0 Å². The van der Waals surface area contributed by atoms with E-state index >= 15 is 0 Å². The lowest BCUT2D eigenvalue weighted by Crippen LogP contribution is -2.35. The van der Waals surface area contributed by atoms with Gasteiger partial charge in [-0.15, -0.1) is 0 Å². The molecule has 148 valence electrons. The minimum atomic E-state index is -0.356. The molecule has 3 rings (SSSR count). The second kappa shape index (κ2) is 8.99. The molecule has 0 fully saturated rings. The van der Waals surface area contributed by atoms with Crippen molar-refractivity contribution in [2.75, 3.05) is 7.11 Å². The molecule has 0 aliphatic rings. The van der Waals surface area contributed by atoms with Gasteiger partial charge in [-0.2, -0.15) is 5.26 Å². The zero-order chi connectivity index (χ0) is 20.8. The van der Waals surface area contributed by atoms with Crippen molar-refractivity contribution in [3.8, 4) is 23.0 Å². The maximum absolute atomic E-state index is 12.4. The van der Waals surface area contributed by atoms with Gasteiger partial charge in [0.1, 0.15) is 6.23 Å². The molecule has 8 nitrogen and oxygen atoms in total. The fourth-order valence-corrected chi connectivity index (χ4v) is 2.83. The predicted molar refractivity (Wildman–Crippen MR) is 107 cm³/mol. The molecule has 29 heavy (non-hydrogen) atoms. The molecular weight excluding hydrogens is 370 g/mol. The van der Waals surface area contributed by atoms with Gasteiger partial charge >= 0.3 is 0 Å². The summed E-state index contributed by atoms with van der Waals surface area (Å²) in [5, 5.41) is 14.2. The third-order valence-electron chi connectivity index (χ3n) is 4.48. The van der Waals surface area contributed by atoms with Crippen LogP contribution in [0.15, 0.2) is 53.6 Å². The normalized spacial score (nSPS) is 11.6. The van der Waals surface area contributed by atoms with Crippen LogP contribution in [0.1, 0.15) is 29.3 Å². The van der Waals surface area contributed by atoms with Gasteiger partial charge in [-0.05, 0) is 29.7 Å². The topological polar surface area (TPSA) is 113 Å². The van der Waals surface area contributed by atoms with Gasteiger partial charge in [0.05, 0.1) is 23.6 Å². The summed E-state index contributed by atoms with van der Waals surface area (Å²) in [5.74, 6) is 0.196. The van der Waals surface area contributed by atoms with E-state index in [0.717, 1.165) is 11.1 Å². The molecule has 0 bridgehead atoms. The van der Waals surface area contributed by atoms with Crippen molar-refractivity contribution in [2.24, 2.45) is 0 Å². The minimum absolute atomic E-state index is 0.257. The average Bonchev–Trinajstić information content (AvgIpc) is 3.14. The highest BCUT2D eigenvalue weighted by atomic mass is 16.5. The highest BCUT2D eigenvalue weighted by molar-refractivity contribution is 5.94. The van der Waals surface area contributed by atoms with Crippen LogP contribution in [0.25, 0.3) is 16.9 Å². The highest BCUT2D eigenvalue weighted by Gasteiger charge is 2.13. The lowest BCUT2D eigenvalue weighted by atomic mass is 10.1. The molecule has 3 aromatic rings. The number of H-pyrrole nitrogens is 1. The average molecular weight is 391 g/mol. The molecule has 0 aliphatic heterocycles. The molecule has 2 N–H and O–H groups in total. The summed E-state index contributed by atoms with van der Waals surface area (Å²) in [4.78, 5) is 28.8. The molecule has 1 unspecified atom stereocenters. The number of hydrogen-bond acceptors (Lipinski definition) is 5. The summed E-state index contributed by atoms with van der Waals surface area (Å²) in [7, 11) is 1.53. The zero-order valence-electron chi connectivity index (χ0n) is 16.2. The number of methoxy groups -OCH3 is 1. The Morgan fingerprint density at radius 1 is 1.31 bits per heavy atom. The van der Waals surface area contributed by atoms with Crippen LogP contribution < -0.4 is 10.9 Å². The quantitative estimate of drug-likeness (QED) is 0.601. The lowest BCUT2D eigenvalue weighted by Gasteiger charge is -2.14. The van der Waals surface area contributed by atoms with E-state index in [1.807, 2.05) is 31.2 Å². The first-order chi connectivity index (χ1) is 14.0.